The molecule has 3 N–H and O–H groups in total. The molecule has 0 radical (unpaired) electrons. The zero-order valence-corrected chi connectivity index (χ0v) is 24.2. The molecule has 2 aromatic carbocycles. The highest BCUT2D eigenvalue weighted by atomic mass is 32.2. The first kappa shape index (κ1) is 29.0. The van der Waals surface area contributed by atoms with Crippen molar-refractivity contribution in [2.75, 3.05) is 51.7 Å². The monoisotopic (exact) mass is 579 g/mol. The molecule has 1 saturated heterocycles. The number of fused-ring (bicyclic) bond motifs is 1. The molecule has 41 heavy (non-hydrogen) atoms. The molecular formula is C30H37N5O5S. The average molecular weight is 580 g/mol. The number of aryl methyl sites for hydroxylation is 1. The van der Waals surface area contributed by atoms with Gasteiger partial charge in [0.1, 0.15) is 10.6 Å². The van der Waals surface area contributed by atoms with Gasteiger partial charge in [0.05, 0.1) is 12.7 Å². The van der Waals surface area contributed by atoms with Gasteiger partial charge in [-0.2, -0.15) is 0 Å². The van der Waals surface area contributed by atoms with Crippen molar-refractivity contribution < 1.29 is 23.1 Å². The third kappa shape index (κ3) is 7.05. The summed E-state index contributed by atoms with van der Waals surface area (Å²) < 4.78 is 35.4. The molecule has 3 aromatic rings. The molecule has 218 valence electrons. The zero-order chi connectivity index (χ0) is 29.0. The molecule has 1 atom stereocenters. The maximum atomic E-state index is 13.3. The number of pyridine rings is 1. The number of nitrogens with one attached hydrogen (secondary N) is 2. The Morgan fingerprint density at radius 2 is 1.88 bits per heavy atom. The summed E-state index contributed by atoms with van der Waals surface area (Å²) in [5.74, 6) is 0.246. The van der Waals surface area contributed by atoms with Crippen molar-refractivity contribution in [1.82, 2.24) is 19.5 Å². The first-order chi connectivity index (χ1) is 19.6. The van der Waals surface area contributed by atoms with E-state index < -0.39 is 16.1 Å². The lowest BCUT2D eigenvalue weighted by Crippen LogP contribution is -2.52. The largest absolute Gasteiger partial charge is 0.492 e. The average Bonchev–Trinajstić information content (AvgIpc) is 2.96. The fourth-order valence-corrected chi connectivity index (χ4v) is 6.70. The normalized spacial score (nSPS) is 21.1. The molecular weight excluding hydrogens is 542 g/mol. The molecule has 1 spiro atoms. The number of anilines is 1. The summed E-state index contributed by atoms with van der Waals surface area (Å²) in [7, 11) is -2.03. The summed E-state index contributed by atoms with van der Waals surface area (Å²) in [5.41, 5.74) is 3.14. The first-order valence-electron chi connectivity index (χ1n) is 13.8. The van der Waals surface area contributed by atoms with E-state index in [1.54, 1.807) is 29.4 Å². The van der Waals surface area contributed by atoms with Crippen molar-refractivity contribution in [2.45, 2.75) is 30.8 Å². The van der Waals surface area contributed by atoms with Gasteiger partial charge >= 0.3 is 6.03 Å². The number of carbonyl (C=O) groups excluding carboxylic acids is 1. The van der Waals surface area contributed by atoms with Crippen molar-refractivity contribution in [2.24, 2.45) is 5.41 Å². The van der Waals surface area contributed by atoms with Crippen LogP contribution in [0.25, 0.3) is 11.1 Å². The van der Waals surface area contributed by atoms with Gasteiger partial charge in [0, 0.05) is 61.8 Å². The Bertz CT molecular complexity index is 1460. The molecule has 1 fully saturated rings. The Morgan fingerprint density at radius 1 is 1.12 bits per heavy atom. The van der Waals surface area contributed by atoms with Crippen LogP contribution in [0.2, 0.25) is 0 Å². The summed E-state index contributed by atoms with van der Waals surface area (Å²) in [4.78, 5) is 21.0. The van der Waals surface area contributed by atoms with Crippen LogP contribution >= 0.6 is 0 Å². The maximum Gasteiger partial charge on any atom is 0.321 e. The van der Waals surface area contributed by atoms with Crippen LogP contribution < -0.4 is 14.8 Å². The minimum absolute atomic E-state index is 0.0244. The summed E-state index contributed by atoms with van der Waals surface area (Å²) in [6.07, 6.45) is 3.84. The van der Waals surface area contributed by atoms with E-state index in [4.69, 9.17) is 4.74 Å². The van der Waals surface area contributed by atoms with Gasteiger partial charge in [-0.05, 0) is 62.7 Å². The quantitative estimate of drug-likeness (QED) is 0.426. The first-order valence-corrected chi connectivity index (χ1v) is 15.3. The molecule has 0 aliphatic carbocycles. The lowest BCUT2D eigenvalue weighted by molar-refractivity contribution is 0.0256. The van der Waals surface area contributed by atoms with E-state index >= 15 is 0 Å². The molecule has 0 bridgehead atoms. The Balaban J connectivity index is 1.39. The zero-order valence-electron chi connectivity index (χ0n) is 23.4. The van der Waals surface area contributed by atoms with E-state index in [2.05, 4.69) is 15.0 Å². The van der Waals surface area contributed by atoms with Crippen molar-refractivity contribution in [3.8, 4) is 16.9 Å². The second-order valence-electron chi connectivity index (χ2n) is 11.2. The molecule has 0 saturated carbocycles. The number of likely N-dealkylation sites (N-methyl/N-ethyl adjacent to an activating group) is 1. The Morgan fingerprint density at radius 3 is 2.59 bits per heavy atom. The Labute approximate surface area is 241 Å². The number of sulfonamides is 1. The minimum Gasteiger partial charge on any atom is -0.492 e. The Hall–Kier alpha value is -3.51. The SMILES string of the molecule is Cc1ccc(NC(=O)N2CCC3(CC2)COc2cc(-c4cccnc4)ccc2S(=O)(=O)NCC(O)CN(C)C3)cc1. The van der Waals surface area contributed by atoms with Crippen LogP contribution in [0.15, 0.2) is 71.9 Å². The van der Waals surface area contributed by atoms with E-state index in [1.165, 1.54) is 6.07 Å². The lowest BCUT2D eigenvalue weighted by Gasteiger charge is -2.44. The predicted molar refractivity (Wildman–Crippen MR) is 157 cm³/mol. The Kier molecular flexibility index (Phi) is 8.60. The van der Waals surface area contributed by atoms with Gasteiger partial charge < -0.3 is 25.0 Å². The van der Waals surface area contributed by atoms with Gasteiger partial charge in [0.25, 0.3) is 0 Å². The number of urea groups is 1. The highest BCUT2D eigenvalue weighted by Gasteiger charge is 2.39. The maximum absolute atomic E-state index is 13.3. The second kappa shape index (κ2) is 12.2. The van der Waals surface area contributed by atoms with Gasteiger partial charge in [-0.3, -0.25) is 4.98 Å². The number of piperidine rings is 1. The summed E-state index contributed by atoms with van der Waals surface area (Å²) in [5, 5.41) is 13.6. The highest BCUT2D eigenvalue weighted by molar-refractivity contribution is 7.89. The van der Waals surface area contributed by atoms with E-state index in [9.17, 15) is 18.3 Å². The molecule has 2 aliphatic heterocycles. The number of amides is 2. The summed E-state index contributed by atoms with van der Waals surface area (Å²) >= 11 is 0. The van der Waals surface area contributed by atoms with Crippen LogP contribution in [0, 0.1) is 12.3 Å². The van der Waals surface area contributed by atoms with Crippen LogP contribution in [0.5, 0.6) is 5.75 Å². The van der Waals surface area contributed by atoms with E-state index in [0.717, 1.165) is 22.4 Å². The molecule has 5 rings (SSSR count). The van der Waals surface area contributed by atoms with Crippen molar-refractivity contribution in [1.29, 1.82) is 0 Å². The molecule has 2 amide bonds. The number of carbonyl (C=O) groups is 1. The van der Waals surface area contributed by atoms with Gasteiger partial charge in [0.15, 0.2) is 0 Å². The van der Waals surface area contributed by atoms with Gasteiger partial charge in [-0.1, -0.05) is 29.8 Å². The number of β-amino-alcohol motifs (C(OH)–C–C–N with tert-alkyl or cyclic N) is 1. The number of rotatable bonds is 2. The van der Waals surface area contributed by atoms with Crippen LogP contribution in [-0.4, -0.2) is 86.8 Å². The van der Waals surface area contributed by atoms with E-state index in [1.807, 2.05) is 55.3 Å². The van der Waals surface area contributed by atoms with Gasteiger partial charge in [-0.15, -0.1) is 0 Å². The highest BCUT2D eigenvalue weighted by Crippen LogP contribution is 2.36. The fourth-order valence-electron chi connectivity index (χ4n) is 5.50. The standard InChI is InChI=1S/C30H37N5O5S/c1-22-5-8-25(9-6-22)33-29(37)35-14-11-30(12-15-35)20-34(2)19-26(36)18-32-41(38,39)28-10-7-23(16-27(28)40-21-30)24-4-3-13-31-17-24/h3-10,13,16-17,26,32,36H,11-12,14-15,18-21H2,1-2H3,(H,33,37). The number of aliphatic hydroxyl groups excluding tert-OH is 1. The molecule has 10 nitrogen and oxygen atoms in total. The molecule has 1 aromatic heterocycles. The van der Waals surface area contributed by atoms with Crippen molar-refractivity contribution >= 4 is 21.7 Å². The topological polar surface area (TPSA) is 124 Å². The minimum atomic E-state index is -3.94. The van der Waals surface area contributed by atoms with Gasteiger partial charge in [-0.25, -0.2) is 17.9 Å². The van der Waals surface area contributed by atoms with E-state index in [0.29, 0.717) is 39.0 Å². The van der Waals surface area contributed by atoms with Gasteiger partial charge in [0.2, 0.25) is 10.0 Å². The lowest BCUT2D eigenvalue weighted by atomic mass is 9.78. The number of nitrogens with zero attached hydrogens (tertiary/aromatic N) is 3. The number of benzene rings is 2. The second-order valence-corrected chi connectivity index (χ2v) is 12.9. The third-order valence-electron chi connectivity index (χ3n) is 7.81. The number of hydrogen-bond acceptors (Lipinski definition) is 7. The molecule has 11 heteroatoms. The van der Waals surface area contributed by atoms with Crippen LogP contribution in [-0.2, 0) is 10.0 Å². The summed E-state index contributed by atoms with van der Waals surface area (Å²) in [6, 6.07) is 16.3. The molecule has 1 unspecified atom stereocenters. The van der Waals surface area contributed by atoms with Crippen molar-refractivity contribution in [3.05, 3.63) is 72.6 Å². The fraction of sp³-hybridized carbons (Fsp3) is 0.400. The number of aliphatic hydroxyl groups is 1. The van der Waals surface area contributed by atoms with Crippen LogP contribution in [0.4, 0.5) is 10.5 Å². The summed E-state index contributed by atoms with van der Waals surface area (Å²) in [6.45, 7) is 4.13. The number of likely N-dealkylation sites (tertiary alicyclic amines) is 1. The third-order valence-corrected chi connectivity index (χ3v) is 9.28. The molecule has 3 heterocycles. The van der Waals surface area contributed by atoms with E-state index in [-0.39, 0.29) is 35.2 Å². The van der Waals surface area contributed by atoms with Crippen LogP contribution in [0.3, 0.4) is 0 Å². The molecule has 2 aliphatic rings. The smallest absolute Gasteiger partial charge is 0.321 e. The van der Waals surface area contributed by atoms with Crippen molar-refractivity contribution in [3.63, 3.8) is 0 Å². The number of aromatic nitrogens is 1. The van der Waals surface area contributed by atoms with Crippen LogP contribution in [0.1, 0.15) is 18.4 Å². The number of ether oxygens (including phenoxy) is 1. The number of hydrogen-bond donors (Lipinski definition) is 3. The predicted octanol–water partition coefficient (Wildman–Crippen LogP) is 3.33.